The molecule has 0 unspecified atom stereocenters. The Labute approximate surface area is 154 Å². The lowest BCUT2D eigenvalue weighted by atomic mass is 10.1. The standard InChI is InChI=1S/C19H27NO6/c1-14(21)18-19(15(24-2)12-13-20-18)26-17(23)11-9-7-5-4-6-8-10-16(22)25-3/h12-13H,4-11H2,1-3H3. The molecule has 0 saturated carbocycles. The summed E-state index contributed by atoms with van der Waals surface area (Å²) in [5.74, 6) is -0.494. The highest BCUT2D eigenvalue weighted by Crippen LogP contribution is 2.30. The molecule has 1 heterocycles. The largest absolute Gasteiger partial charge is 0.493 e. The maximum absolute atomic E-state index is 12.0. The van der Waals surface area contributed by atoms with Crippen LogP contribution < -0.4 is 9.47 Å². The van der Waals surface area contributed by atoms with E-state index in [-0.39, 0.29) is 29.6 Å². The fraction of sp³-hybridized carbons (Fsp3) is 0.579. The van der Waals surface area contributed by atoms with Crippen LogP contribution in [0.5, 0.6) is 11.5 Å². The third kappa shape index (κ3) is 7.63. The predicted octanol–water partition coefficient (Wildman–Crippen LogP) is 3.49. The van der Waals surface area contributed by atoms with E-state index >= 15 is 0 Å². The third-order valence-corrected chi connectivity index (χ3v) is 3.88. The average Bonchev–Trinajstić information content (AvgIpc) is 2.63. The number of rotatable bonds is 12. The number of Topliss-reactive ketones (excluding diaryl/α,β-unsaturated/α-hetero) is 1. The molecule has 0 aliphatic heterocycles. The summed E-state index contributed by atoms with van der Waals surface area (Å²) in [6.45, 7) is 1.36. The molecule has 144 valence electrons. The number of hydrogen-bond acceptors (Lipinski definition) is 7. The van der Waals surface area contributed by atoms with Gasteiger partial charge in [-0.05, 0) is 12.8 Å². The van der Waals surface area contributed by atoms with Crippen LogP contribution in [-0.4, -0.2) is 36.9 Å². The lowest BCUT2D eigenvalue weighted by molar-refractivity contribution is -0.140. The maximum Gasteiger partial charge on any atom is 0.311 e. The number of carbonyl (C=O) groups is 3. The van der Waals surface area contributed by atoms with Gasteiger partial charge < -0.3 is 14.2 Å². The molecule has 0 aliphatic rings. The minimum atomic E-state index is -0.413. The SMILES string of the molecule is COC(=O)CCCCCCCCC(=O)Oc1c(OC)ccnc1C(C)=O. The molecule has 0 fully saturated rings. The van der Waals surface area contributed by atoms with E-state index in [0.29, 0.717) is 18.6 Å². The summed E-state index contributed by atoms with van der Waals surface area (Å²) in [6, 6.07) is 1.55. The number of ketones is 1. The van der Waals surface area contributed by atoms with Gasteiger partial charge in [0.25, 0.3) is 0 Å². The number of esters is 2. The summed E-state index contributed by atoms with van der Waals surface area (Å²) in [5.41, 5.74) is 0.0864. The number of aromatic nitrogens is 1. The van der Waals surface area contributed by atoms with Crippen LogP contribution in [0, 0.1) is 0 Å². The van der Waals surface area contributed by atoms with E-state index in [9.17, 15) is 14.4 Å². The Hall–Kier alpha value is -2.44. The smallest absolute Gasteiger partial charge is 0.311 e. The topological polar surface area (TPSA) is 91.8 Å². The van der Waals surface area contributed by atoms with Crippen molar-refractivity contribution in [3.63, 3.8) is 0 Å². The van der Waals surface area contributed by atoms with Gasteiger partial charge in [-0.1, -0.05) is 25.7 Å². The van der Waals surface area contributed by atoms with Crippen molar-refractivity contribution in [2.24, 2.45) is 0 Å². The van der Waals surface area contributed by atoms with Crippen molar-refractivity contribution >= 4 is 17.7 Å². The summed E-state index contributed by atoms with van der Waals surface area (Å²) in [6.07, 6.45) is 7.54. The third-order valence-electron chi connectivity index (χ3n) is 3.88. The molecular weight excluding hydrogens is 338 g/mol. The van der Waals surface area contributed by atoms with Crippen LogP contribution in [0.3, 0.4) is 0 Å². The molecule has 0 N–H and O–H groups in total. The van der Waals surface area contributed by atoms with Gasteiger partial charge in [0.2, 0.25) is 5.75 Å². The lowest BCUT2D eigenvalue weighted by Gasteiger charge is -2.11. The van der Waals surface area contributed by atoms with E-state index in [1.165, 1.54) is 27.3 Å². The molecule has 26 heavy (non-hydrogen) atoms. The molecule has 1 aromatic rings. The molecule has 0 aromatic carbocycles. The fourth-order valence-electron chi connectivity index (χ4n) is 2.45. The van der Waals surface area contributed by atoms with Gasteiger partial charge in [0.15, 0.2) is 17.2 Å². The molecule has 0 atom stereocenters. The monoisotopic (exact) mass is 365 g/mol. The summed E-state index contributed by atoms with van der Waals surface area (Å²) in [5, 5.41) is 0. The second-order valence-electron chi connectivity index (χ2n) is 5.92. The second-order valence-corrected chi connectivity index (χ2v) is 5.92. The Morgan fingerprint density at radius 3 is 2.04 bits per heavy atom. The number of pyridine rings is 1. The number of nitrogens with zero attached hydrogens (tertiary/aromatic N) is 1. The number of hydrogen-bond donors (Lipinski definition) is 0. The molecule has 0 saturated heterocycles. The lowest BCUT2D eigenvalue weighted by Crippen LogP contribution is -2.12. The highest BCUT2D eigenvalue weighted by Gasteiger charge is 2.18. The Balaban J connectivity index is 2.31. The first kappa shape index (κ1) is 21.6. The van der Waals surface area contributed by atoms with E-state index in [1.807, 2.05) is 0 Å². The number of methoxy groups -OCH3 is 2. The minimum Gasteiger partial charge on any atom is -0.493 e. The van der Waals surface area contributed by atoms with Crippen LogP contribution in [0.15, 0.2) is 12.3 Å². The normalized spacial score (nSPS) is 10.3. The van der Waals surface area contributed by atoms with Gasteiger partial charge in [-0.2, -0.15) is 0 Å². The van der Waals surface area contributed by atoms with Crippen molar-refractivity contribution in [2.75, 3.05) is 14.2 Å². The van der Waals surface area contributed by atoms with Gasteiger partial charge in [-0.3, -0.25) is 14.4 Å². The summed E-state index contributed by atoms with van der Waals surface area (Å²) >= 11 is 0. The van der Waals surface area contributed by atoms with Gasteiger partial charge in [0, 0.05) is 32.0 Å². The van der Waals surface area contributed by atoms with Crippen molar-refractivity contribution in [1.29, 1.82) is 0 Å². The van der Waals surface area contributed by atoms with Crippen molar-refractivity contribution in [2.45, 2.75) is 58.3 Å². The summed E-state index contributed by atoms with van der Waals surface area (Å²) < 4.78 is 15.0. The summed E-state index contributed by atoms with van der Waals surface area (Å²) in [7, 11) is 2.83. The Kier molecular flexibility index (Phi) is 9.97. The van der Waals surface area contributed by atoms with E-state index < -0.39 is 5.97 Å². The second kappa shape index (κ2) is 12.0. The molecule has 0 aliphatic carbocycles. The molecule has 0 spiro atoms. The maximum atomic E-state index is 12.0. The molecule has 0 bridgehead atoms. The minimum absolute atomic E-state index is 0.0790. The predicted molar refractivity (Wildman–Crippen MR) is 95.4 cm³/mol. The molecule has 0 amide bonds. The zero-order valence-electron chi connectivity index (χ0n) is 15.7. The van der Waals surface area contributed by atoms with Crippen LogP contribution in [0.4, 0.5) is 0 Å². The van der Waals surface area contributed by atoms with Gasteiger partial charge in [0.1, 0.15) is 0 Å². The van der Waals surface area contributed by atoms with Gasteiger partial charge in [0.05, 0.1) is 14.2 Å². The van der Waals surface area contributed by atoms with E-state index in [4.69, 9.17) is 9.47 Å². The Morgan fingerprint density at radius 2 is 1.50 bits per heavy atom. The van der Waals surface area contributed by atoms with Crippen LogP contribution in [0.2, 0.25) is 0 Å². The molecule has 0 radical (unpaired) electrons. The quantitative estimate of drug-likeness (QED) is 0.318. The first-order chi connectivity index (χ1) is 12.5. The summed E-state index contributed by atoms with van der Waals surface area (Å²) in [4.78, 5) is 38.6. The highest BCUT2D eigenvalue weighted by molar-refractivity contribution is 5.96. The number of unbranched alkanes of at least 4 members (excludes halogenated alkanes) is 5. The van der Waals surface area contributed by atoms with E-state index in [1.54, 1.807) is 6.07 Å². The zero-order chi connectivity index (χ0) is 19.4. The highest BCUT2D eigenvalue weighted by atomic mass is 16.6. The fourth-order valence-corrected chi connectivity index (χ4v) is 2.45. The van der Waals surface area contributed by atoms with Gasteiger partial charge in [-0.25, -0.2) is 4.98 Å². The van der Waals surface area contributed by atoms with Crippen LogP contribution in [-0.2, 0) is 14.3 Å². The van der Waals surface area contributed by atoms with Gasteiger partial charge in [-0.15, -0.1) is 0 Å². The van der Waals surface area contributed by atoms with E-state index in [0.717, 1.165) is 32.1 Å². The molecular formula is C19H27NO6. The number of ether oxygens (including phenoxy) is 3. The first-order valence-electron chi connectivity index (χ1n) is 8.81. The molecule has 7 nitrogen and oxygen atoms in total. The van der Waals surface area contributed by atoms with E-state index in [2.05, 4.69) is 9.72 Å². The average molecular weight is 365 g/mol. The Morgan fingerprint density at radius 1 is 0.923 bits per heavy atom. The van der Waals surface area contributed by atoms with Crippen molar-refractivity contribution in [3.05, 3.63) is 18.0 Å². The van der Waals surface area contributed by atoms with Crippen molar-refractivity contribution in [3.8, 4) is 11.5 Å². The van der Waals surface area contributed by atoms with Crippen molar-refractivity contribution < 1.29 is 28.6 Å². The first-order valence-corrected chi connectivity index (χ1v) is 8.81. The molecule has 1 rings (SSSR count). The number of carbonyl (C=O) groups excluding carboxylic acids is 3. The van der Waals surface area contributed by atoms with Crippen LogP contribution in [0.25, 0.3) is 0 Å². The van der Waals surface area contributed by atoms with Crippen LogP contribution in [0.1, 0.15) is 68.8 Å². The van der Waals surface area contributed by atoms with Crippen molar-refractivity contribution in [1.82, 2.24) is 4.98 Å². The molecule has 7 heteroatoms. The Bertz CT molecular complexity index is 614. The van der Waals surface area contributed by atoms with Gasteiger partial charge >= 0.3 is 11.9 Å². The van der Waals surface area contributed by atoms with Crippen LogP contribution >= 0.6 is 0 Å². The molecule has 1 aromatic heterocycles. The zero-order valence-corrected chi connectivity index (χ0v) is 15.7.